The molecule has 4 nitrogen and oxygen atoms in total. The highest BCUT2D eigenvalue weighted by molar-refractivity contribution is 5.90. The lowest BCUT2D eigenvalue weighted by Crippen LogP contribution is -2.16. The summed E-state index contributed by atoms with van der Waals surface area (Å²) in [5.41, 5.74) is 3.00. The molecule has 2 aromatic rings. The Labute approximate surface area is 125 Å². The maximum atomic E-state index is 11.6. The number of carbonyl (C=O) groups excluding carboxylic acids is 1. The SMILES string of the molecule is COC(=O)c1cc(CN(C)Cc2ccc(C)cc2)oc1C. The Balaban J connectivity index is 2.01. The summed E-state index contributed by atoms with van der Waals surface area (Å²) >= 11 is 0. The molecule has 0 radical (unpaired) electrons. The molecule has 0 amide bonds. The summed E-state index contributed by atoms with van der Waals surface area (Å²) in [4.78, 5) is 13.7. The standard InChI is InChI=1S/C17H21NO3/c1-12-5-7-14(8-6-12)10-18(3)11-15-9-16(13(2)21-15)17(19)20-4/h5-9H,10-11H2,1-4H3. The normalized spacial score (nSPS) is 10.9. The third-order valence-corrected chi connectivity index (χ3v) is 3.37. The van der Waals surface area contributed by atoms with Gasteiger partial charge in [0.1, 0.15) is 17.1 Å². The smallest absolute Gasteiger partial charge is 0.341 e. The van der Waals surface area contributed by atoms with Crippen molar-refractivity contribution in [3.8, 4) is 0 Å². The van der Waals surface area contributed by atoms with Crippen molar-refractivity contribution in [1.29, 1.82) is 0 Å². The fourth-order valence-electron chi connectivity index (χ4n) is 2.26. The minimum Gasteiger partial charge on any atom is -0.465 e. The molecule has 1 aromatic heterocycles. The lowest BCUT2D eigenvalue weighted by molar-refractivity contribution is 0.0599. The van der Waals surface area contributed by atoms with E-state index in [9.17, 15) is 4.79 Å². The summed E-state index contributed by atoms with van der Waals surface area (Å²) in [7, 11) is 3.40. The highest BCUT2D eigenvalue weighted by Gasteiger charge is 2.16. The van der Waals surface area contributed by atoms with E-state index in [1.54, 1.807) is 13.0 Å². The number of carbonyl (C=O) groups is 1. The zero-order valence-corrected chi connectivity index (χ0v) is 13.0. The van der Waals surface area contributed by atoms with Gasteiger partial charge in [0.2, 0.25) is 0 Å². The summed E-state index contributed by atoms with van der Waals surface area (Å²) in [6.45, 7) is 5.32. The van der Waals surface area contributed by atoms with Crippen LogP contribution in [0.25, 0.3) is 0 Å². The van der Waals surface area contributed by atoms with Crippen molar-refractivity contribution in [2.75, 3.05) is 14.2 Å². The summed E-state index contributed by atoms with van der Waals surface area (Å²) in [6, 6.07) is 10.2. The van der Waals surface area contributed by atoms with Crippen molar-refractivity contribution < 1.29 is 13.9 Å². The molecule has 0 saturated carbocycles. The largest absolute Gasteiger partial charge is 0.465 e. The number of aryl methyl sites for hydroxylation is 2. The van der Waals surface area contributed by atoms with Crippen molar-refractivity contribution in [3.05, 3.63) is 58.5 Å². The van der Waals surface area contributed by atoms with Crippen LogP contribution < -0.4 is 0 Å². The van der Waals surface area contributed by atoms with Crippen LogP contribution >= 0.6 is 0 Å². The minimum atomic E-state index is -0.358. The van der Waals surface area contributed by atoms with Crippen LogP contribution in [0.5, 0.6) is 0 Å². The van der Waals surface area contributed by atoms with Crippen LogP contribution in [0.4, 0.5) is 0 Å². The van der Waals surface area contributed by atoms with Gasteiger partial charge in [-0.1, -0.05) is 29.8 Å². The first-order valence-electron chi connectivity index (χ1n) is 6.91. The molecule has 1 heterocycles. The van der Waals surface area contributed by atoms with Crippen molar-refractivity contribution in [3.63, 3.8) is 0 Å². The van der Waals surface area contributed by atoms with Gasteiger partial charge in [-0.3, -0.25) is 4.90 Å². The molecular formula is C17H21NO3. The van der Waals surface area contributed by atoms with Gasteiger partial charge in [-0.15, -0.1) is 0 Å². The van der Waals surface area contributed by atoms with E-state index in [1.165, 1.54) is 18.2 Å². The van der Waals surface area contributed by atoms with Gasteiger partial charge < -0.3 is 9.15 Å². The van der Waals surface area contributed by atoms with E-state index in [-0.39, 0.29) is 5.97 Å². The Morgan fingerprint density at radius 2 is 1.86 bits per heavy atom. The van der Waals surface area contributed by atoms with Gasteiger partial charge in [0.15, 0.2) is 0 Å². The maximum Gasteiger partial charge on any atom is 0.341 e. The number of rotatable bonds is 5. The number of nitrogens with zero attached hydrogens (tertiary/aromatic N) is 1. The van der Waals surface area contributed by atoms with Gasteiger partial charge in [0.25, 0.3) is 0 Å². The molecule has 0 atom stereocenters. The predicted octanol–water partition coefficient (Wildman–Crippen LogP) is 3.32. The van der Waals surface area contributed by atoms with Gasteiger partial charge in [-0.25, -0.2) is 4.79 Å². The van der Waals surface area contributed by atoms with E-state index in [0.29, 0.717) is 17.9 Å². The summed E-state index contributed by atoms with van der Waals surface area (Å²) in [6.07, 6.45) is 0. The van der Waals surface area contributed by atoms with E-state index in [2.05, 4.69) is 36.1 Å². The van der Waals surface area contributed by atoms with Crippen molar-refractivity contribution >= 4 is 5.97 Å². The molecule has 0 aliphatic carbocycles. The van der Waals surface area contributed by atoms with Crippen LogP contribution in [0.15, 0.2) is 34.7 Å². The molecule has 21 heavy (non-hydrogen) atoms. The molecule has 4 heteroatoms. The topological polar surface area (TPSA) is 42.7 Å². The Morgan fingerprint density at radius 3 is 2.48 bits per heavy atom. The molecular weight excluding hydrogens is 266 g/mol. The van der Waals surface area contributed by atoms with Crippen molar-refractivity contribution in [2.45, 2.75) is 26.9 Å². The number of hydrogen-bond donors (Lipinski definition) is 0. The average Bonchev–Trinajstić information content (AvgIpc) is 2.81. The number of ether oxygens (including phenoxy) is 1. The number of furan rings is 1. The Morgan fingerprint density at radius 1 is 1.19 bits per heavy atom. The lowest BCUT2D eigenvalue weighted by atomic mass is 10.1. The fraction of sp³-hybridized carbons (Fsp3) is 0.353. The summed E-state index contributed by atoms with van der Waals surface area (Å²) in [5, 5.41) is 0. The monoisotopic (exact) mass is 287 g/mol. The van der Waals surface area contributed by atoms with Gasteiger partial charge in [-0.2, -0.15) is 0 Å². The van der Waals surface area contributed by atoms with E-state index >= 15 is 0 Å². The molecule has 0 aliphatic heterocycles. The van der Waals surface area contributed by atoms with E-state index in [4.69, 9.17) is 9.15 Å². The Bertz CT molecular complexity index is 613. The molecule has 0 spiro atoms. The number of esters is 1. The Kier molecular flexibility index (Phi) is 4.81. The van der Waals surface area contributed by atoms with Crippen LogP contribution in [0.2, 0.25) is 0 Å². The van der Waals surface area contributed by atoms with Crippen LogP contribution in [-0.2, 0) is 17.8 Å². The van der Waals surface area contributed by atoms with Crippen molar-refractivity contribution in [2.24, 2.45) is 0 Å². The van der Waals surface area contributed by atoms with Crippen LogP contribution in [0.1, 0.15) is 33.0 Å². The second-order valence-corrected chi connectivity index (χ2v) is 5.33. The average molecular weight is 287 g/mol. The van der Waals surface area contributed by atoms with Gasteiger partial charge in [0.05, 0.1) is 13.7 Å². The zero-order chi connectivity index (χ0) is 15.4. The zero-order valence-electron chi connectivity index (χ0n) is 13.0. The molecule has 1 aromatic carbocycles. The number of methoxy groups -OCH3 is 1. The minimum absolute atomic E-state index is 0.358. The molecule has 112 valence electrons. The van der Waals surface area contributed by atoms with E-state index in [1.807, 2.05) is 7.05 Å². The van der Waals surface area contributed by atoms with Gasteiger partial charge in [0, 0.05) is 6.54 Å². The first-order valence-corrected chi connectivity index (χ1v) is 6.91. The maximum absolute atomic E-state index is 11.6. The molecule has 0 bridgehead atoms. The van der Waals surface area contributed by atoms with Crippen molar-refractivity contribution in [1.82, 2.24) is 4.90 Å². The molecule has 0 saturated heterocycles. The second-order valence-electron chi connectivity index (χ2n) is 5.33. The van der Waals surface area contributed by atoms with Crippen LogP contribution in [0.3, 0.4) is 0 Å². The lowest BCUT2D eigenvalue weighted by Gasteiger charge is -2.15. The molecule has 0 aliphatic rings. The van der Waals surface area contributed by atoms with Crippen LogP contribution in [-0.4, -0.2) is 25.0 Å². The quantitative estimate of drug-likeness (QED) is 0.791. The third-order valence-electron chi connectivity index (χ3n) is 3.37. The molecule has 0 N–H and O–H groups in total. The van der Waals surface area contributed by atoms with E-state index < -0.39 is 0 Å². The van der Waals surface area contributed by atoms with Crippen LogP contribution in [0, 0.1) is 13.8 Å². The van der Waals surface area contributed by atoms with E-state index in [0.717, 1.165) is 12.3 Å². The highest BCUT2D eigenvalue weighted by atomic mass is 16.5. The Hall–Kier alpha value is -2.07. The summed E-state index contributed by atoms with van der Waals surface area (Å²) in [5.74, 6) is 1.01. The molecule has 0 fully saturated rings. The molecule has 2 rings (SSSR count). The third kappa shape index (κ3) is 3.95. The second kappa shape index (κ2) is 6.59. The highest BCUT2D eigenvalue weighted by Crippen LogP contribution is 2.17. The summed E-state index contributed by atoms with van der Waals surface area (Å²) < 4.78 is 10.4. The number of hydrogen-bond acceptors (Lipinski definition) is 4. The first-order chi connectivity index (χ1) is 9.99. The molecule has 0 unspecified atom stereocenters. The fourth-order valence-corrected chi connectivity index (χ4v) is 2.26. The van der Waals surface area contributed by atoms with Gasteiger partial charge >= 0.3 is 5.97 Å². The van der Waals surface area contributed by atoms with Gasteiger partial charge in [-0.05, 0) is 32.5 Å². The number of benzene rings is 1. The predicted molar refractivity (Wildman–Crippen MR) is 81.1 cm³/mol. The first kappa shape index (κ1) is 15.3.